The lowest BCUT2D eigenvalue weighted by atomic mass is 10.1. The molecule has 1 saturated heterocycles. The molecule has 1 atom stereocenters. The summed E-state index contributed by atoms with van der Waals surface area (Å²) in [6, 6.07) is 20.4. The predicted octanol–water partition coefficient (Wildman–Crippen LogP) is 4.01. The fourth-order valence-corrected chi connectivity index (χ4v) is 5.36. The molecule has 1 amide bonds. The van der Waals surface area contributed by atoms with Crippen LogP contribution in [0.1, 0.15) is 5.56 Å². The zero-order chi connectivity index (χ0) is 20.1. The minimum atomic E-state index is -1.20. The second-order valence-electron chi connectivity index (χ2n) is 7.14. The summed E-state index contributed by atoms with van der Waals surface area (Å²) in [5, 5.41) is 4.16. The minimum Gasteiger partial charge on any atom is -0.368 e. The summed E-state index contributed by atoms with van der Waals surface area (Å²) in [5.74, 6) is 0.492. The van der Waals surface area contributed by atoms with Crippen LogP contribution >= 0.6 is 11.3 Å². The Morgan fingerprint density at radius 3 is 2.45 bits per heavy atom. The van der Waals surface area contributed by atoms with Gasteiger partial charge in [-0.15, -0.1) is 0 Å². The zero-order valence-corrected chi connectivity index (χ0v) is 17.8. The lowest BCUT2D eigenvalue weighted by Crippen LogP contribution is -2.49. The Morgan fingerprint density at radius 2 is 1.72 bits per heavy atom. The third-order valence-electron chi connectivity index (χ3n) is 5.15. The van der Waals surface area contributed by atoms with E-state index in [1.807, 2.05) is 35.2 Å². The van der Waals surface area contributed by atoms with Gasteiger partial charge in [-0.2, -0.15) is 11.3 Å². The van der Waals surface area contributed by atoms with Gasteiger partial charge in [0, 0.05) is 48.4 Å². The molecule has 1 aliphatic heterocycles. The van der Waals surface area contributed by atoms with Gasteiger partial charge in [0.15, 0.2) is 0 Å². The number of benzene rings is 2. The smallest absolute Gasteiger partial charge is 0.235 e. The van der Waals surface area contributed by atoms with Gasteiger partial charge in [0.1, 0.15) is 5.75 Å². The molecule has 150 valence electrons. The minimum absolute atomic E-state index is 0.00923. The highest BCUT2D eigenvalue weighted by Gasteiger charge is 2.22. The fraction of sp³-hybridized carbons (Fsp3) is 0.261. The standard InChI is InChI=1S/C23H24N2O2S2/c26-23(25-12-10-24(11-13-25)22-7-2-1-3-8-22)18-29(27)17-19-5-4-6-20(15-19)21-9-14-28-16-21/h1-9,14-16H,10-13,17-18H2. The molecule has 2 aromatic carbocycles. The SMILES string of the molecule is O=C(CS(=O)Cc1cccc(-c2ccsc2)c1)N1CCN(c2ccccc2)CC1. The van der Waals surface area contributed by atoms with Gasteiger partial charge in [-0.1, -0.05) is 42.5 Å². The van der Waals surface area contributed by atoms with Crippen LogP contribution in [-0.2, 0) is 21.3 Å². The quantitative estimate of drug-likeness (QED) is 0.600. The van der Waals surface area contributed by atoms with Crippen LogP contribution in [0.3, 0.4) is 0 Å². The Hall–Kier alpha value is -2.44. The highest BCUT2D eigenvalue weighted by molar-refractivity contribution is 7.84. The number of hydrogen-bond donors (Lipinski definition) is 0. The third-order valence-corrected chi connectivity index (χ3v) is 7.05. The Labute approximate surface area is 178 Å². The van der Waals surface area contributed by atoms with Crippen molar-refractivity contribution in [3.63, 3.8) is 0 Å². The number of hydrogen-bond acceptors (Lipinski definition) is 4. The van der Waals surface area contributed by atoms with E-state index >= 15 is 0 Å². The molecule has 6 heteroatoms. The topological polar surface area (TPSA) is 40.6 Å². The van der Waals surface area contributed by atoms with Crippen LogP contribution in [0.15, 0.2) is 71.4 Å². The lowest BCUT2D eigenvalue weighted by molar-refractivity contribution is -0.128. The Morgan fingerprint density at radius 1 is 0.931 bits per heavy atom. The molecule has 0 spiro atoms. The summed E-state index contributed by atoms with van der Waals surface area (Å²) < 4.78 is 12.6. The van der Waals surface area contributed by atoms with E-state index in [1.54, 1.807) is 11.3 Å². The van der Waals surface area contributed by atoms with Crippen molar-refractivity contribution in [2.75, 3.05) is 36.8 Å². The molecule has 1 aliphatic rings. The monoisotopic (exact) mass is 424 g/mol. The van der Waals surface area contributed by atoms with Crippen molar-refractivity contribution >= 4 is 33.7 Å². The largest absolute Gasteiger partial charge is 0.368 e. The van der Waals surface area contributed by atoms with Gasteiger partial charge in [-0.25, -0.2) is 0 Å². The number of nitrogens with zero attached hydrogens (tertiary/aromatic N) is 2. The molecule has 1 fully saturated rings. The molecule has 1 unspecified atom stereocenters. The molecule has 0 radical (unpaired) electrons. The van der Waals surface area contributed by atoms with Crippen molar-refractivity contribution in [3.05, 3.63) is 77.0 Å². The van der Waals surface area contributed by atoms with E-state index in [1.165, 1.54) is 11.3 Å². The van der Waals surface area contributed by atoms with Crippen LogP contribution in [-0.4, -0.2) is 46.9 Å². The van der Waals surface area contributed by atoms with Crippen molar-refractivity contribution in [1.29, 1.82) is 0 Å². The van der Waals surface area contributed by atoms with E-state index in [-0.39, 0.29) is 11.7 Å². The number of para-hydroxylation sites is 1. The number of thiophene rings is 1. The maximum absolute atomic E-state index is 12.6. The van der Waals surface area contributed by atoms with E-state index in [0.29, 0.717) is 18.8 Å². The number of piperazine rings is 1. The first-order valence-corrected chi connectivity index (χ1v) is 12.2. The second-order valence-corrected chi connectivity index (χ2v) is 9.38. The Bertz CT molecular complexity index is 966. The highest BCUT2D eigenvalue weighted by atomic mass is 32.2. The van der Waals surface area contributed by atoms with Crippen LogP contribution in [0.5, 0.6) is 0 Å². The highest BCUT2D eigenvalue weighted by Crippen LogP contribution is 2.23. The van der Waals surface area contributed by atoms with E-state index in [9.17, 15) is 9.00 Å². The summed E-state index contributed by atoms with van der Waals surface area (Å²) in [4.78, 5) is 16.7. The molecular weight excluding hydrogens is 400 g/mol. The second kappa shape index (κ2) is 9.37. The molecule has 2 heterocycles. The maximum atomic E-state index is 12.6. The first-order chi connectivity index (χ1) is 14.2. The Balaban J connectivity index is 1.29. The van der Waals surface area contributed by atoms with Crippen LogP contribution in [0.2, 0.25) is 0 Å². The van der Waals surface area contributed by atoms with E-state index in [4.69, 9.17) is 0 Å². The van der Waals surface area contributed by atoms with Crippen molar-refractivity contribution in [3.8, 4) is 11.1 Å². The summed E-state index contributed by atoms with van der Waals surface area (Å²) in [6.07, 6.45) is 0. The molecule has 4 rings (SSSR count). The van der Waals surface area contributed by atoms with Gasteiger partial charge < -0.3 is 9.80 Å². The first-order valence-electron chi connectivity index (χ1n) is 9.73. The van der Waals surface area contributed by atoms with Gasteiger partial charge in [0.25, 0.3) is 0 Å². The first kappa shape index (κ1) is 19.9. The van der Waals surface area contributed by atoms with Crippen LogP contribution in [0.4, 0.5) is 5.69 Å². The summed E-state index contributed by atoms with van der Waals surface area (Å²) in [5.41, 5.74) is 4.50. The van der Waals surface area contributed by atoms with Gasteiger partial charge in [-0.05, 0) is 45.6 Å². The number of amides is 1. The van der Waals surface area contributed by atoms with Gasteiger partial charge in [0.05, 0.1) is 0 Å². The Kier molecular flexibility index (Phi) is 6.42. The number of anilines is 1. The van der Waals surface area contributed by atoms with E-state index in [0.717, 1.165) is 24.2 Å². The fourth-order valence-electron chi connectivity index (χ4n) is 3.59. The number of carbonyl (C=O) groups is 1. The molecular formula is C23H24N2O2S2. The predicted molar refractivity (Wildman–Crippen MR) is 122 cm³/mol. The van der Waals surface area contributed by atoms with Crippen LogP contribution in [0, 0.1) is 0 Å². The van der Waals surface area contributed by atoms with Crippen molar-refractivity contribution < 1.29 is 9.00 Å². The molecule has 29 heavy (non-hydrogen) atoms. The average molecular weight is 425 g/mol. The van der Waals surface area contributed by atoms with Crippen molar-refractivity contribution in [1.82, 2.24) is 4.90 Å². The van der Waals surface area contributed by atoms with E-state index < -0.39 is 10.8 Å². The average Bonchev–Trinajstić information content (AvgIpc) is 3.30. The summed E-state index contributed by atoms with van der Waals surface area (Å²) in [6.45, 7) is 2.98. The molecule has 4 nitrogen and oxygen atoms in total. The summed E-state index contributed by atoms with van der Waals surface area (Å²) in [7, 11) is -1.20. The lowest BCUT2D eigenvalue weighted by Gasteiger charge is -2.36. The molecule has 0 aliphatic carbocycles. The van der Waals surface area contributed by atoms with Crippen molar-refractivity contribution in [2.24, 2.45) is 0 Å². The zero-order valence-electron chi connectivity index (χ0n) is 16.2. The van der Waals surface area contributed by atoms with Crippen molar-refractivity contribution in [2.45, 2.75) is 5.75 Å². The third kappa shape index (κ3) is 5.14. The molecule has 3 aromatic rings. The van der Waals surface area contributed by atoms with Gasteiger partial charge in [-0.3, -0.25) is 9.00 Å². The normalized spacial score (nSPS) is 15.3. The molecule has 1 aromatic heterocycles. The number of rotatable bonds is 6. The molecule has 0 bridgehead atoms. The van der Waals surface area contributed by atoms with E-state index in [2.05, 4.69) is 46.0 Å². The van der Waals surface area contributed by atoms with Crippen LogP contribution in [0.25, 0.3) is 11.1 Å². The molecule has 0 N–H and O–H groups in total. The summed E-state index contributed by atoms with van der Waals surface area (Å²) >= 11 is 1.66. The van der Waals surface area contributed by atoms with Gasteiger partial charge in [0.2, 0.25) is 5.91 Å². The van der Waals surface area contributed by atoms with Crippen LogP contribution < -0.4 is 4.90 Å². The number of carbonyl (C=O) groups excluding carboxylic acids is 1. The molecule has 0 saturated carbocycles. The van der Waals surface area contributed by atoms with Gasteiger partial charge >= 0.3 is 0 Å². The maximum Gasteiger partial charge on any atom is 0.235 e.